The largest absolute Gasteiger partial charge is 0.340 e. The first-order chi connectivity index (χ1) is 7.38. The Kier molecular flexibility index (Phi) is 2.49. The Balaban J connectivity index is 2.54. The first-order valence-corrected chi connectivity index (χ1v) is 5.74. The van der Waals surface area contributed by atoms with E-state index in [1.54, 1.807) is 0 Å². The van der Waals surface area contributed by atoms with Crippen LogP contribution in [-0.4, -0.2) is 15.0 Å². The smallest absolute Gasteiger partial charge is 0.177 e. The number of nitrogens with one attached hydrogen (secondary N) is 1. The molecule has 2 heterocycles. The monoisotopic (exact) mass is 217 g/mol. The number of hydrogen-bond acceptors (Lipinski definition) is 2. The lowest BCUT2D eigenvalue weighted by Crippen LogP contribution is -2.12. The third-order valence-corrected chi connectivity index (χ3v) is 2.74. The van der Waals surface area contributed by atoms with Gasteiger partial charge in [-0.05, 0) is 17.5 Å². The van der Waals surface area contributed by atoms with Crippen molar-refractivity contribution in [3.8, 4) is 0 Å². The molecule has 0 saturated carbocycles. The number of H-pyrrole nitrogens is 1. The molecule has 3 nitrogen and oxygen atoms in total. The Labute approximate surface area is 96.3 Å². The Bertz CT molecular complexity index is 503. The van der Waals surface area contributed by atoms with E-state index in [-0.39, 0.29) is 5.41 Å². The second-order valence-electron chi connectivity index (χ2n) is 5.63. The van der Waals surface area contributed by atoms with Gasteiger partial charge in [0.05, 0.1) is 5.52 Å². The molecule has 0 aliphatic heterocycles. The van der Waals surface area contributed by atoms with Crippen LogP contribution in [0.5, 0.6) is 0 Å². The lowest BCUT2D eigenvalue weighted by Gasteiger charge is -2.13. The molecule has 1 N–H and O–H groups in total. The van der Waals surface area contributed by atoms with Crippen molar-refractivity contribution in [1.29, 1.82) is 0 Å². The molecular weight excluding hydrogens is 198 g/mol. The van der Waals surface area contributed by atoms with Crippen LogP contribution in [0.25, 0.3) is 11.2 Å². The summed E-state index contributed by atoms with van der Waals surface area (Å²) in [7, 11) is 0. The summed E-state index contributed by atoms with van der Waals surface area (Å²) in [6, 6.07) is 2.15. The van der Waals surface area contributed by atoms with Gasteiger partial charge in [-0.15, -0.1) is 0 Å². The van der Waals surface area contributed by atoms with Crippen molar-refractivity contribution < 1.29 is 0 Å². The van der Waals surface area contributed by atoms with E-state index in [2.05, 4.69) is 55.6 Å². The van der Waals surface area contributed by atoms with Crippen LogP contribution in [0.4, 0.5) is 0 Å². The van der Waals surface area contributed by atoms with Gasteiger partial charge in [0.25, 0.3) is 0 Å². The normalized spacial score (nSPS) is 12.6. The molecule has 0 aromatic carbocycles. The van der Waals surface area contributed by atoms with E-state index >= 15 is 0 Å². The number of pyridine rings is 1. The maximum atomic E-state index is 4.52. The number of nitrogens with zero attached hydrogens (tertiary/aromatic N) is 2. The highest BCUT2D eigenvalue weighted by Crippen LogP contribution is 2.23. The average molecular weight is 217 g/mol. The standard InChI is InChI=1S/C13H19N3/c1-8(2)9-6-10-11(14-7-9)16-12(15-10)13(3,4)5/h6-8H,1-5H3,(H,14,15,16). The van der Waals surface area contributed by atoms with Crippen LogP contribution in [0.1, 0.15) is 51.9 Å². The highest BCUT2D eigenvalue weighted by atomic mass is 15.0. The van der Waals surface area contributed by atoms with Gasteiger partial charge in [0.1, 0.15) is 5.82 Å². The fourth-order valence-corrected chi connectivity index (χ4v) is 1.59. The highest BCUT2D eigenvalue weighted by molar-refractivity contribution is 5.71. The second kappa shape index (κ2) is 3.58. The van der Waals surface area contributed by atoms with E-state index < -0.39 is 0 Å². The molecule has 2 aromatic rings. The molecule has 0 spiro atoms. The summed E-state index contributed by atoms with van der Waals surface area (Å²) in [5, 5.41) is 0. The van der Waals surface area contributed by atoms with Gasteiger partial charge in [-0.3, -0.25) is 0 Å². The third-order valence-electron chi connectivity index (χ3n) is 2.74. The minimum Gasteiger partial charge on any atom is -0.340 e. The third kappa shape index (κ3) is 1.94. The fraction of sp³-hybridized carbons (Fsp3) is 0.538. The molecule has 0 aliphatic carbocycles. The molecular formula is C13H19N3. The lowest BCUT2D eigenvalue weighted by molar-refractivity contribution is 0.554. The SMILES string of the molecule is CC(C)c1cnc2nc(C(C)(C)C)[nH]c2c1. The zero-order chi connectivity index (χ0) is 11.9. The van der Waals surface area contributed by atoms with Gasteiger partial charge >= 0.3 is 0 Å². The van der Waals surface area contributed by atoms with Crippen molar-refractivity contribution in [3.63, 3.8) is 0 Å². The topological polar surface area (TPSA) is 41.6 Å². The zero-order valence-corrected chi connectivity index (χ0v) is 10.6. The number of aromatic nitrogens is 3. The van der Waals surface area contributed by atoms with Crippen LogP contribution in [0, 0.1) is 0 Å². The van der Waals surface area contributed by atoms with Gasteiger partial charge in [0.2, 0.25) is 0 Å². The van der Waals surface area contributed by atoms with Crippen molar-refractivity contribution in [2.45, 2.75) is 46.0 Å². The van der Waals surface area contributed by atoms with E-state index in [0.29, 0.717) is 5.92 Å². The van der Waals surface area contributed by atoms with Gasteiger partial charge in [-0.1, -0.05) is 34.6 Å². The molecule has 0 radical (unpaired) electrons. The van der Waals surface area contributed by atoms with E-state index in [9.17, 15) is 0 Å². The molecule has 0 unspecified atom stereocenters. The van der Waals surface area contributed by atoms with Gasteiger partial charge in [-0.2, -0.15) is 0 Å². The zero-order valence-electron chi connectivity index (χ0n) is 10.6. The van der Waals surface area contributed by atoms with E-state index in [1.165, 1.54) is 5.56 Å². The van der Waals surface area contributed by atoms with Crippen LogP contribution < -0.4 is 0 Å². The Morgan fingerprint density at radius 1 is 1.25 bits per heavy atom. The second-order valence-corrected chi connectivity index (χ2v) is 5.63. The van der Waals surface area contributed by atoms with E-state index in [4.69, 9.17) is 0 Å². The summed E-state index contributed by atoms with van der Waals surface area (Å²) in [5.41, 5.74) is 3.14. The van der Waals surface area contributed by atoms with Gasteiger partial charge in [-0.25, -0.2) is 9.97 Å². The number of rotatable bonds is 1. The molecule has 0 saturated heterocycles. The summed E-state index contributed by atoms with van der Waals surface area (Å²) in [4.78, 5) is 12.3. The summed E-state index contributed by atoms with van der Waals surface area (Å²) in [6.45, 7) is 10.8. The average Bonchev–Trinajstić information content (AvgIpc) is 2.58. The minimum atomic E-state index is 0.0404. The van der Waals surface area contributed by atoms with Crippen LogP contribution in [-0.2, 0) is 5.41 Å². The number of aromatic amines is 1. The molecule has 16 heavy (non-hydrogen) atoms. The molecule has 0 atom stereocenters. The number of hydrogen-bond donors (Lipinski definition) is 1. The Hall–Kier alpha value is -1.38. The number of imidazole rings is 1. The van der Waals surface area contributed by atoms with Crippen molar-refractivity contribution in [2.24, 2.45) is 0 Å². The van der Waals surface area contributed by atoms with Gasteiger partial charge in [0.15, 0.2) is 5.65 Å². The Morgan fingerprint density at radius 2 is 1.94 bits per heavy atom. The minimum absolute atomic E-state index is 0.0404. The van der Waals surface area contributed by atoms with Gasteiger partial charge < -0.3 is 4.98 Å². The molecule has 0 bridgehead atoms. The molecule has 0 fully saturated rings. The van der Waals surface area contributed by atoms with Crippen molar-refractivity contribution in [3.05, 3.63) is 23.7 Å². The summed E-state index contributed by atoms with van der Waals surface area (Å²) < 4.78 is 0. The van der Waals surface area contributed by atoms with E-state index in [0.717, 1.165) is 17.0 Å². The number of fused-ring (bicyclic) bond motifs is 1. The Morgan fingerprint density at radius 3 is 2.50 bits per heavy atom. The molecule has 0 amide bonds. The quantitative estimate of drug-likeness (QED) is 0.795. The van der Waals surface area contributed by atoms with Crippen LogP contribution in [0.2, 0.25) is 0 Å². The molecule has 86 valence electrons. The van der Waals surface area contributed by atoms with Crippen LogP contribution >= 0.6 is 0 Å². The van der Waals surface area contributed by atoms with Crippen LogP contribution in [0.3, 0.4) is 0 Å². The lowest BCUT2D eigenvalue weighted by atomic mass is 9.96. The molecule has 3 heteroatoms. The summed E-state index contributed by atoms with van der Waals surface area (Å²) >= 11 is 0. The summed E-state index contributed by atoms with van der Waals surface area (Å²) in [5.74, 6) is 1.49. The molecule has 2 rings (SSSR count). The maximum Gasteiger partial charge on any atom is 0.177 e. The van der Waals surface area contributed by atoms with Crippen molar-refractivity contribution in [2.75, 3.05) is 0 Å². The fourth-order valence-electron chi connectivity index (χ4n) is 1.59. The summed E-state index contributed by atoms with van der Waals surface area (Å²) in [6.07, 6.45) is 1.92. The predicted molar refractivity (Wildman–Crippen MR) is 66.7 cm³/mol. The molecule has 2 aromatic heterocycles. The predicted octanol–water partition coefficient (Wildman–Crippen LogP) is 3.38. The van der Waals surface area contributed by atoms with Crippen molar-refractivity contribution >= 4 is 11.2 Å². The van der Waals surface area contributed by atoms with Crippen molar-refractivity contribution in [1.82, 2.24) is 15.0 Å². The van der Waals surface area contributed by atoms with Crippen LogP contribution in [0.15, 0.2) is 12.3 Å². The van der Waals surface area contributed by atoms with Gasteiger partial charge in [0, 0.05) is 11.6 Å². The first kappa shape index (κ1) is 11.1. The highest BCUT2D eigenvalue weighted by Gasteiger charge is 2.18. The first-order valence-electron chi connectivity index (χ1n) is 5.74. The molecule has 0 aliphatic rings. The van der Waals surface area contributed by atoms with E-state index in [1.807, 2.05) is 6.20 Å². The maximum absolute atomic E-state index is 4.52.